The van der Waals surface area contributed by atoms with Crippen molar-refractivity contribution in [2.45, 2.75) is 26.0 Å². The molecule has 0 amide bonds. The van der Waals surface area contributed by atoms with Crippen LogP contribution in [0.25, 0.3) is 0 Å². The largest absolute Gasteiger partial charge is 0.392 e. The highest BCUT2D eigenvalue weighted by molar-refractivity contribution is 5.08. The van der Waals surface area contributed by atoms with E-state index in [2.05, 4.69) is 9.47 Å². The minimum absolute atomic E-state index is 0.150. The average Bonchev–Trinajstić information content (AvgIpc) is 2.86. The molecule has 1 saturated heterocycles. The Kier molecular flexibility index (Phi) is 3.22. The summed E-state index contributed by atoms with van der Waals surface area (Å²) in [5.41, 5.74) is 1.01. The van der Waals surface area contributed by atoms with Gasteiger partial charge in [0.1, 0.15) is 0 Å². The van der Waals surface area contributed by atoms with Gasteiger partial charge in [0, 0.05) is 25.5 Å². The van der Waals surface area contributed by atoms with Crippen molar-refractivity contribution in [3.8, 4) is 0 Å². The summed E-state index contributed by atoms with van der Waals surface area (Å²) in [7, 11) is 0. The first-order valence-electron chi connectivity index (χ1n) is 5.36. The molecule has 2 heterocycles. The van der Waals surface area contributed by atoms with E-state index in [1.807, 2.05) is 18.5 Å². The van der Waals surface area contributed by atoms with E-state index in [1.165, 1.54) is 25.9 Å². The van der Waals surface area contributed by atoms with E-state index in [-0.39, 0.29) is 6.61 Å². The molecule has 1 aromatic heterocycles. The van der Waals surface area contributed by atoms with Crippen LogP contribution in [0.1, 0.15) is 18.4 Å². The van der Waals surface area contributed by atoms with E-state index in [0.717, 1.165) is 18.7 Å². The zero-order valence-electron chi connectivity index (χ0n) is 8.52. The summed E-state index contributed by atoms with van der Waals surface area (Å²) in [6.45, 7) is 4.85. The standard InChI is InChI=1S/C11H18N2O/c14-10-11-3-6-13(9-11)8-7-12-4-1-2-5-12/h3,6,9,14H,1-2,4-5,7-8,10H2. The first kappa shape index (κ1) is 9.74. The maximum atomic E-state index is 8.91. The third-order valence-corrected chi connectivity index (χ3v) is 2.87. The van der Waals surface area contributed by atoms with E-state index in [4.69, 9.17) is 5.11 Å². The van der Waals surface area contributed by atoms with Crippen molar-refractivity contribution >= 4 is 0 Å². The molecular formula is C11H18N2O. The van der Waals surface area contributed by atoms with Crippen LogP contribution in [-0.4, -0.2) is 34.2 Å². The van der Waals surface area contributed by atoms with E-state index in [0.29, 0.717) is 0 Å². The number of nitrogens with zero attached hydrogens (tertiary/aromatic N) is 2. The van der Waals surface area contributed by atoms with Crippen LogP contribution in [0.2, 0.25) is 0 Å². The van der Waals surface area contributed by atoms with Crippen LogP contribution in [0.4, 0.5) is 0 Å². The Hall–Kier alpha value is -0.800. The average molecular weight is 194 g/mol. The van der Waals surface area contributed by atoms with E-state index in [9.17, 15) is 0 Å². The number of aliphatic hydroxyl groups is 1. The quantitative estimate of drug-likeness (QED) is 0.777. The molecule has 0 bridgehead atoms. The lowest BCUT2D eigenvalue weighted by Crippen LogP contribution is -2.23. The molecule has 78 valence electrons. The molecule has 0 aliphatic carbocycles. The Morgan fingerprint density at radius 2 is 2.00 bits per heavy atom. The second-order valence-corrected chi connectivity index (χ2v) is 3.96. The maximum absolute atomic E-state index is 8.91. The molecule has 0 saturated carbocycles. The molecule has 3 nitrogen and oxygen atoms in total. The Balaban J connectivity index is 1.79. The lowest BCUT2D eigenvalue weighted by atomic mass is 10.4. The summed E-state index contributed by atoms with van der Waals surface area (Å²) in [6, 6.07) is 1.98. The van der Waals surface area contributed by atoms with Gasteiger partial charge in [-0.1, -0.05) is 0 Å². The topological polar surface area (TPSA) is 28.4 Å². The molecule has 1 aromatic rings. The molecule has 0 aromatic carbocycles. The number of likely N-dealkylation sites (tertiary alicyclic amines) is 1. The minimum atomic E-state index is 0.150. The third-order valence-electron chi connectivity index (χ3n) is 2.87. The highest BCUT2D eigenvalue weighted by Crippen LogP contribution is 2.07. The fourth-order valence-corrected chi connectivity index (χ4v) is 1.99. The van der Waals surface area contributed by atoms with Gasteiger partial charge in [-0.15, -0.1) is 0 Å². The Morgan fingerprint density at radius 3 is 2.64 bits per heavy atom. The Bertz CT molecular complexity index is 277. The molecule has 1 fully saturated rings. The summed E-state index contributed by atoms with van der Waals surface area (Å²) >= 11 is 0. The van der Waals surface area contributed by atoms with Gasteiger partial charge in [0.2, 0.25) is 0 Å². The van der Waals surface area contributed by atoms with Gasteiger partial charge in [0.05, 0.1) is 6.61 Å². The minimum Gasteiger partial charge on any atom is -0.392 e. The lowest BCUT2D eigenvalue weighted by Gasteiger charge is -2.14. The highest BCUT2D eigenvalue weighted by Gasteiger charge is 2.10. The number of aliphatic hydroxyl groups excluding tert-OH is 1. The molecule has 1 N–H and O–H groups in total. The predicted octanol–water partition coefficient (Wildman–Crippen LogP) is 1.08. The molecule has 0 radical (unpaired) electrons. The Morgan fingerprint density at radius 1 is 1.21 bits per heavy atom. The van der Waals surface area contributed by atoms with Crippen molar-refractivity contribution < 1.29 is 5.11 Å². The van der Waals surface area contributed by atoms with Gasteiger partial charge >= 0.3 is 0 Å². The van der Waals surface area contributed by atoms with Crippen LogP contribution in [0, 0.1) is 0 Å². The molecule has 0 spiro atoms. The van der Waals surface area contributed by atoms with Crippen LogP contribution in [0.5, 0.6) is 0 Å². The van der Waals surface area contributed by atoms with Crippen LogP contribution in [0.3, 0.4) is 0 Å². The van der Waals surface area contributed by atoms with Gasteiger partial charge < -0.3 is 14.6 Å². The van der Waals surface area contributed by atoms with Gasteiger partial charge in [0.15, 0.2) is 0 Å². The van der Waals surface area contributed by atoms with Crippen LogP contribution < -0.4 is 0 Å². The second-order valence-electron chi connectivity index (χ2n) is 3.96. The fraction of sp³-hybridized carbons (Fsp3) is 0.636. The summed E-state index contributed by atoms with van der Waals surface area (Å²) in [5, 5.41) is 8.91. The molecule has 0 atom stereocenters. The van der Waals surface area contributed by atoms with Crippen LogP contribution in [0.15, 0.2) is 18.5 Å². The lowest BCUT2D eigenvalue weighted by molar-refractivity contribution is 0.281. The molecule has 0 unspecified atom stereocenters. The SMILES string of the molecule is OCc1ccn(CCN2CCCC2)c1. The second kappa shape index (κ2) is 4.62. The summed E-state index contributed by atoms with van der Waals surface area (Å²) < 4.78 is 2.16. The zero-order chi connectivity index (χ0) is 9.80. The van der Waals surface area contributed by atoms with Crippen molar-refractivity contribution in [3.05, 3.63) is 24.0 Å². The number of rotatable bonds is 4. The van der Waals surface area contributed by atoms with Gasteiger partial charge in [-0.3, -0.25) is 0 Å². The van der Waals surface area contributed by atoms with Crippen molar-refractivity contribution in [1.82, 2.24) is 9.47 Å². The number of hydrogen-bond donors (Lipinski definition) is 1. The van der Waals surface area contributed by atoms with Gasteiger partial charge in [-0.25, -0.2) is 0 Å². The van der Waals surface area contributed by atoms with Gasteiger partial charge in [-0.05, 0) is 37.6 Å². The van der Waals surface area contributed by atoms with Crippen molar-refractivity contribution in [2.75, 3.05) is 19.6 Å². The fourth-order valence-electron chi connectivity index (χ4n) is 1.99. The van der Waals surface area contributed by atoms with Crippen LogP contribution >= 0.6 is 0 Å². The normalized spacial score (nSPS) is 17.8. The van der Waals surface area contributed by atoms with E-state index >= 15 is 0 Å². The van der Waals surface area contributed by atoms with Crippen molar-refractivity contribution in [1.29, 1.82) is 0 Å². The van der Waals surface area contributed by atoms with Crippen LogP contribution in [-0.2, 0) is 13.2 Å². The molecule has 3 heteroatoms. The smallest absolute Gasteiger partial charge is 0.0696 e. The number of hydrogen-bond acceptors (Lipinski definition) is 2. The summed E-state index contributed by atoms with van der Waals surface area (Å²) in [6.07, 6.45) is 6.78. The van der Waals surface area contributed by atoms with Gasteiger partial charge in [0.25, 0.3) is 0 Å². The molecule has 2 rings (SSSR count). The van der Waals surface area contributed by atoms with E-state index < -0.39 is 0 Å². The predicted molar refractivity (Wildman–Crippen MR) is 56.0 cm³/mol. The Labute approximate surface area is 85.0 Å². The van der Waals surface area contributed by atoms with Crippen molar-refractivity contribution in [2.24, 2.45) is 0 Å². The monoisotopic (exact) mass is 194 g/mol. The molecule has 1 aliphatic rings. The first-order valence-corrected chi connectivity index (χ1v) is 5.36. The maximum Gasteiger partial charge on any atom is 0.0696 e. The number of aromatic nitrogens is 1. The zero-order valence-corrected chi connectivity index (χ0v) is 8.52. The van der Waals surface area contributed by atoms with E-state index in [1.54, 1.807) is 0 Å². The summed E-state index contributed by atoms with van der Waals surface area (Å²) in [4.78, 5) is 2.50. The third kappa shape index (κ3) is 2.36. The molecular weight excluding hydrogens is 176 g/mol. The highest BCUT2D eigenvalue weighted by atomic mass is 16.3. The first-order chi connectivity index (χ1) is 6.88. The van der Waals surface area contributed by atoms with Crippen molar-refractivity contribution in [3.63, 3.8) is 0 Å². The summed E-state index contributed by atoms with van der Waals surface area (Å²) in [5.74, 6) is 0. The van der Waals surface area contributed by atoms with Gasteiger partial charge in [-0.2, -0.15) is 0 Å². The molecule has 14 heavy (non-hydrogen) atoms. The molecule has 1 aliphatic heterocycles.